The van der Waals surface area contributed by atoms with Gasteiger partial charge in [-0.15, -0.1) is 0 Å². The number of nitrogens with one attached hydrogen (secondary N) is 2. The summed E-state index contributed by atoms with van der Waals surface area (Å²) in [6, 6.07) is 10.5. The van der Waals surface area contributed by atoms with Gasteiger partial charge < -0.3 is 10.6 Å². The van der Waals surface area contributed by atoms with Gasteiger partial charge in [0.15, 0.2) is 5.11 Å². The van der Waals surface area contributed by atoms with Crippen molar-refractivity contribution in [3.05, 3.63) is 59.2 Å². The summed E-state index contributed by atoms with van der Waals surface area (Å²) in [4.78, 5) is 0. The van der Waals surface area contributed by atoms with Crippen LogP contribution in [-0.2, 0) is 6.18 Å². The first-order chi connectivity index (χ1) is 10.3. The topological polar surface area (TPSA) is 24.1 Å². The lowest BCUT2D eigenvalue weighted by atomic mass is 10.1. The largest absolute Gasteiger partial charge is 0.416 e. The van der Waals surface area contributed by atoms with Gasteiger partial charge >= 0.3 is 6.18 Å². The third-order valence-corrected chi connectivity index (χ3v) is 3.44. The van der Waals surface area contributed by atoms with Gasteiger partial charge in [-0.05, 0) is 73.6 Å². The highest BCUT2D eigenvalue weighted by Gasteiger charge is 2.29. The molecule has 0 fully saturated rings. The highest BCUT2D eigenvalue weighted by molar-refractivity contribution is 7.80. The maximum atomic E-state index is 12.5. The van der Waals surface area contributed by atoms with Crippen LogP contribution in [0.5, 0.6) is 0 Å². The van der Waals surface area contributed by atoms with Crippen molar-refractivity contribution in [2.45, 2.75) is 20.0 Å². The van der Waals surface area contributed by atoms with E-state index in [1.807, 2.05) is 32.0 Å². The van der Waals surface area contributed by atoms with Gasteiger partial charge in [0.25, 0.3) is 0 Å². The first-order valence-electron chi connectivity index (χ1n) is 6.58. The van der Waals surface area contributed by atoms with Gasteiger partial charge in [0, 0.05) is 11.4 Å². The van der Waals surface area contributed by atoms with Crippen LogP contribution in [0.25, 0.3) is 0 Å². The standard InChI is InChI=1S/C16H15F3N2S/c1-10-3-6-14(9-11(10)2)21-15(22)20-13-7-4-12(5-8-13)16(17,18)19/h3-9H,1-2H3,(H2,20,21,22). The van der Waals surface area contributed by atoms with Gasteiger partial charge in [0.2, 0.25) is 0 Å². The maximum Gasteiger partial charge on any atom is 0.416 e. The summed E-state index contributed by atoms with van der Waals surface area (Å²) in [5, 5.41) is 6.18. The van der Waals surface area contributed by atoms with E-state index in [2.05, 4.69) is 10.6 Å². The molecule has 0 spiro atoms. The molecular formula is C16H15F3N2S. The molecule has 0 aliphatic heterocycles. The molecule has 0 aliphatic carbocycles. The van der Waals surface area contributed by atoms with Crippen molar-refractivity contribution in [3.8, 4) is 0 Å². The zero-order valence-electron chi connectivity index (χ0n) is 12.1. The Bertz CT molecular complexity index is 679. The molecule has 0 amide bonds. The molecule has 0 saturated heterocycles. The Morgan fingerprint density at radius 3 is 1.95 bits per heavy atom. The Balaban J connectivity index is 2.01. The number of halogens is 3. The van der Waals surface area contributed by atoms with Crippen LogP contribution < -0.4 is 10.6 Å². The monoisotopic (exact) mass is 324 g/mol. The van der Waals surface area contributed by atoms with Gasteiger partial charge in [0.1, 0.15) is 0 Å². The van der Waals surface area contributed by atoms with E-state index >= 15 is 0 Å². The third kappa shape index (κ3) is 4.21. The molecule has 0 atom stereocenters. The van der Waals surface area contributed by atoms with Crippen molar-refractivity contribution in [2.24, 2.45) is 0 Å². The summed E-state index contributed by atoms with van der Waals surface area (Å²) in [5.74, 6) is 0. The van der Waals surface area contributed by atoms with Crippen LogP contribution in [0.1, 0.15) is 16.7 Å². The van der Waals surface area contributed by atoms with Crippen molar-refractivity contribution < 1.29 is 13.2 Å². The van der Waals surface area contributed by atoms with E-state index in [0.717, 1.165) is 23.4 Å². The molecule has 116 valence electrons. The lowest BCUT2D eigenvalue weighted by Crippen LogP contribution is -2.19. The second kappa shape index (κ2) is 6.36. The zero-order valence-corrected chi connectivity index (χ0v) is 12.9. The summed E-state index contributed by atoms with van der Waals surface area (Å²) < 4.78 is 37.4. The molecule has 0 saturated carbocycles. The number of aryl methyl sites for hydroxylation is 2. The predicted molar refractivity (Wildman–Crippen MR) is 87.2 cm³/mol. The summed E-state index contributed by atoms with van der Waals surface area (Å²) >= 11 is 5.16. The summed E-state index contributed by atoms with van der Waals surface area (Å²) in [6.07, 6.45) is -4.34. The fraction of sp³-hybridized carbons (Fsp3) is 0.188. The smallest absolute Gasteiger partial charge is 0.332 e. The highest BCUT2D eigenvalue weighted by Crippen LogP contribution is 2.29. The van der Waals surface area contributed by atoms with Gasteiger partial charge in [-0.3, -0.25) is 0 Å². The molecule has 2 nitrogen and oxygen atoms in total. The quantitative estimate of drug-likeness (QED) is 0.749. The van der Waals surface area contributed by atoms with Gasteiger partial charge in [-0.2, -0.15) is 13.2 Å². The molecule has 0 unspecified atom stereocenters. The molecule has 0 aromatic heterocycles. The maximum absolute atomic E-state index is 12.5. The van der Waals surface area contributed by atoms with Crippen LogP contribution in [-0.4, -0.2) is 5.11 Å². The Hall–Kier alpha value is -2.08. The Kier molecular flexibility index (Phi) is 4.71. The highest BCUT2D eigenvalue weighted by atomic mass is 32.1. The van der Waals surface area contributed by atoms with E-state index in [4.69, 9.17) is 12.2 Å². The summed E-state index contributed by atoms with van der Waals surface area (Å²) in [5.41, 5.74) is 2.93. The molecule has 0 bridgehead atoms. The fourth-order valence-corrected chi connectivity index (χ4v) is 2.09. The van der Waals surface area contributed by atoms with E-state index in [0.29, 0.717) is 10.8 Å². The molecule has 0 heterocycles. The molecule has 22 heavy (non-hydrogen) atoms. The number of anilines is 2. The van der Waals surface area contributed by atoms with Crippen LogP contribution in [0.3, 0.4) is 0 Å². The Morgan fingerprint density at radius 2 is 1.41 bits per heavy atom. The fourth-order valence-electron chi connectivity index (χ4n) is 1.86. The lowest BCUT2D eigenvalue weighted by molar-refractivity contribution is -0.137. The number of alkyl halides is 3. The van der Waals surface area contributed by atoms with Crippen LogP contribution in [0.2, 0.25) is 0 Å². The van der Waals surface area contributed by atoms with Crippen LogP contribution in [0.15, 0.2) is 42.5 Å². The molecule has 0 radical (unpaired) electrons. The van der Waals surface area contributed by atoms with Gasteiger partial charge in [-0.25, -0.2) is 0 Å². The number of hydrogen-bond donors (Lipinski definition) is 2. The minimum Gasteiger partial charge on any atom is -0.332 e. The number of hydrogen-bond acceptors (Lipinski definition) is 1. The Labute approximate surface area is 132 Å². The number of benzene rings is 2. The second-order valence-electron chi connectivity index (χ2n) is 4.95. The van der Waals surface area contributed by atoms with E-state index in [1.54, 1.807) is 0 Å². The predicted octanol–water partition coefficient (Wildman–Crippen LogP) is 5.13. The van der Waals surface area contributed by atoms with Crippen molar-refractivity contribution in [1.82, 2.24) is 0 Å². The van der Waals surface area contributed by atoms with Crippen molar-refractivity contribution in [2.75, 3.05) is 10.6 Å². The Morgan fingerprint density at radius 1 is 0.864 bits per heavy atom. The van der Waals surface area contributed by atoms with Crippen molar-refractivity contribution in [1.29, 1.82) is 0 Å². The summed E-state index contributed by atoms with van der Waals surface area (Å²) in [7, 11) is 0. The SMILES string of the molecule is Cc1ccc(NC(=S)Nc2ccc(C(F)(F)F)cc2)cc1C. The van der Waals surface area contributed by atoms with Crippen LogP contribution >= 0.6 is 12.2 Å². The molecule has 2 aromatic rings. The lowest BCUT2D eigenvalue weighted by Gasteiger charge is -2.13. The second-order valence-corrected chi connectivity index (χ2v) is 5.36. The van der Waals surface area contributed by atoms with Gasteiger partial charge in [0.05, 0.1) is 5.56 Å². The number of thiocarbonyl (C=S) groups is 1. The van der Waals surface area contributed by atoms with E-state index in [1.165, 1.54) is 17.7 Å². The molecular weight excluding hydrogens is 309 g/mol. The minimum absolute atomic E-state index is 0.322. The van der Waals surface area contributed by atoms with Gasteiger partial charge in [-0.1, -0.05) is 6.07 Å². The van der Waals surface area contributed by atoms with E-state index in [-0.39, 0.29) is 0 Å². The molecule has 6 heteroatoms. The molecule has 2 N–H and O–H groups in total. The van der Waals surface area contributed by atoms with E-state index in [9.17, 15) is 13.2 Å². The van der Waals surface area contributed by atoms with Crippen molar-refractivity contribution >= 4 is 28.7 Å². The average molecular weight is 324 g/mol. The molecule has 2 rings (SSSR count). The average Bonchev–Trinajstić information content (AvgIpc) is 2.42. The first kappa shape index (κ1) is 16.3. The minimum atomic E-state index is -4.34. The summed E-state index contributed by atoms with van der Waals surface area (Å²) in [6.45, 7) is 4.00. The van der Waals surface area contributed by atoms with E-state index < -0.39 is 11.7 Å². The van der Waals surface area contributed by atoms with Crippen LogP contribution in [0.4, 0.5) is 24.5 Å². The molecule has 0 aliphatic rings. The first-order valence-corrected chi connectivity index (χ1v) is 6.99. The van der Waals surface area contributed by atoms with Crippen LogP contribution in [0, 0.1) is 13.8 Å². The van der Waals surface area contributed by atoms with Crippen molar-refractivity contribution in [3.63, 3.8) is 0 Å². The zero-order chi connectivity index (χ0) is 16.3. The third-order valence-electron chi connectivity index (χ3n) is 3.23. The normalized spacial score (nSPS) is 11.1. The molecule has 2 aromatic carbocycles. The number of rotatable bonds is 2.